The Morgan fingerprint density at radius 1 is 1.04 bits per heavy atom. The fraction of sp³-hybridized carbons (Fsp3) is 0.200. The van der Waals surface area contributed by atoms with Crippen molar-refractivity contribution >= 4 is 34.2 Å². The second-order valence-corrected chi connectivity index (χ2v) is 6.03. The Kier molecular flexibility index (Phi) is 4.31. The van der Waals surface area contributed by atoms with Crippen LogP contribution in [0.4, 0.5) is 5.95 Å². The van der Waals surface area contributed by atoms with Crippen LogP contribution in [0.2, 0.25) is 0 Å². The zero-order valence-corrected chi connectivity index (χ0v) is 14.8. The third-order valence-corrected chi connectivity index (χ3v) is 4.46. The van der Waals surface area contributed by atoms with Crippen molar-refractivity contribution in [1.82, 2.24) is 19.7 Å². The predicted molar refractivity (Wildman–Crippen MR) is 106 cm³/mol. The summed E-state index contributed by atoms with van der Waals surface area (Å²) < 4.78 is 2.14. The standard InChI is InChI=1S/C20H20N6/c1-3-14-9-11-15(12-10-14)13-21-24-20-22-19-18(23-25-20)16-7-5-6-8-17(16)26(19)4-2/h5-13H,3-4H2,1-2H3,(H,22,24,25). The van der Waals surface area contributed by atoms with Gasteiger partial charge >= 0.3 is 0 Å². The summed E-state index contributed by atoms with van der Waals surface area (Å²) in [6.07, 6.45) is 2.78. The van der Waals surface area contributed by atoms with E-state index in [9.17, 15) is 0 Å². The predicted octanol–water partition coefficient (Wildman–Crippen LogP) is 4.01. The Labute approximate surface area is 151 Å². The van der Waals surface area contributed by atoms with Gasteiger partial charge in [-0.1, -0.05) is 49.4 Å². The molecule has 0 radical (unpaired) electrons. The molecule has 4 aromatic rings. The van der Waals surface area contributed by atoms with Gasteiger partial charge in [0.1, 0.15) is 5.52 Å². The van der Waals surface area contributed by atoms with Gasteiger partial charge in [0.25, 0.3) is 5.95 Å². The van der Waals surface area contributed by atoms with Crippen LogP contribution in [0.3, 0.4) is 0 Å². The lowest BCUT2D eigenvalue weighted by atomic mass is 10.1. The molecule has 26 heavy (non-hydrogen) atoms. The molecular formula is C20H20N6. The van der Waals surface area contributed by atoms with Crippen molar-refractivity contribution in [3.05, 3.63) is 59.7 Å². The Hall–Kier alpha value is -3.28. The molecule has 0 spiro atoms. The van der Waals surface area contributed by atoms with E-state index < -0.39 is 0 Å². The third-order valence-electron chi connectivity index (χ3n) is 4.46. The number of aromatic nitrogens is 4. The molecule has 130 valence electrons. The van der Waals surface area contributed by atoms with E-state index in [1.807, 2.05) is 30.3 Å². The first-order valence-corrected chi connectivity index (χ1v) is 8.79. The lowest BCUT2D eigenvalue weighted by Gasteiger charge is -2.02. The van der Waals surface area contributed by atoms with Gasteiger partial charge in [-0.25, -0.2) is 5.43 Å². The smallest absolute Gasteiger partial charge is 0.265 e. The van der Waals surface area contributed by atoms with Crippen LogP contribution in [0.25, 0.3) is 22.1 Å². The Bertz CT molecular complexity index is 1080. The third kappa shape index (κ3) is 2.90. The van der Waals surface area contributed by atoms with Crippen LogP contribution < -0.4 is 5.43 Å². The zero-order chi connectivity index (χ0) is 17.9. The van der Waals surface area contributed by atoms with Crippen LogP contribution in [0.5, 0.6) is 0 Å². The summed E-state index contributed by atoms with van der Waals surface area (Å²) in [6, 6.07) is 16.4. The molecule has 1 N–H and O–H groups in total. The summed E-state index contributed by atoms with van der Waals surface area (Å²) in [7, 11) is 0. The average molecular weight is 344 g/mol. The van der Waals surface area contributed by atoms with Gasteiger partial charge in [-0.15, -0.1) is 10.2 Å². The number of nitrogens with one attached hydrogen (secondary N) is 1. The number of aryl methyl sites for hydroxylation is 2. The fourth-order valence-electron chi connectivity index (χ4n) is 3.07. The number of fused-ring (bicyclic) bond motifs is 3. The second-order valence-electron chi connectivity index (χ2n) is 6.03. The van der Waals surface area contributed by atoms with Crippen molar-refractivity contribution in [3.63, 3.8) is 0 Å². The summed E-state index contributed by atoms with van der Waals surface area (Å²) in [6.45, 7) is 5.05. The van der Waals surface area contributed by atoms with E-state index in [1.165, 1.54) is 5.56 Å². The van der Waals surface area contributed by atoms with Gasteiger partial charge in [-0.05, 0) is 30.5 Å². The summed E-state index contributed by atoms with van der Waals surface area (Å²) >= 11 is 0. The minimum atomic E-state index is 0.386. The SMILES string of the molecule is CCc1ccc(C=NNc2nnc3c4ccccc4n(CC)c3n2)cc1. The molecule has 6 nitrogen and oxygen atoms in total. The van der Waals surface area contributed by atoms with E-state index in [0.29, 0.717) is 5.95 Å². The number of para-hydroxylation sites is 1. The molecule has 0 atom stereocenters. The quantitative estimate of drug-likeness (QED) is 0.439. The van der Waals surface area contributed by atoms with Gasteiger partial charge in [0, 0.05) is 11.9 Å². The van der Waals surface area contributed by atoms with Crippen molar-refractivity contribution in [2.24, 2.45) is 5.10 Å². The summed E-state index contributed by atoms with van der Waals surface area (Å²) in [5.41, 5.74) is 7.95. The van der Waals surface area contributed by atoms with E-state index in [4.69, 9.17) is 0 Å². The maximum atomic E-state index is 4.61. The van der Waals surface area contributed by atoms with Crippen molar-refractivity contribution in [1.29, 1.82) is 0 Å². The molecular weight excluding hydrogens is 324 g/mol. The lowest BCUT2D eigenvalue weighted by Crippen LogP contribution is -2.02. The van der Waals surface area contributed by atoms with Gasteiger partial charge < -0.3 is 4.57 Å². The van der Waals surface area contributed by atoms with Crippen LogP contribution in [-0.2, 0) is 13.0 Å². The summed E-state index contributed by atoms with van der Waals surface area (Å²) in [5, 5.41) is 13.8. The average Bonchev–Trinajstić information content (AvgIpc) is 3.01. The first-order chi connectivity index (χ1) is 12.8. The number of benzene rings is 2. The van der Waals surface area contributed by atoms with Gasteiger partial charge in [-0.3, -0.25) is 0 Å². The second kappa shape index (κ2) is 6.92. The molecule has 2 aromatic heterocycles. The van der Waals surface area contributed by atoms with Crippen molar-refractivity contribution in [2.75, 3.05) is 5.43 Å². The molecule has 4 rings (SSSR count). The van der Waals surface area contributed by atoms with E-state index >= 15 is 0 Å². The fourth-order valence-corrected chi connectivity index (χ4v) is 3.07. The number of hydrogen-bond donors (Lipinski definition) is 1. The van der Waals surface area contributed by atoms with Gasteiger partial charge in [0.05, 0.1) is 11.7 Å². The molecule has 0 saturated carbocycles. The summed E-state index contributed by atoms with van der Waals surface area (Å²) in [5.74, 6) is 0.386. The van der Waals surface area contributed by atoms with Crippen molar-refractivity contribution in [2.45, 2.75) is 26.8 Å². The van der Waals surface area contributed by atoms with E-state index in [2.05, 4.69) is 62.3 Å². The van der Waals surface area contributed by atoms with Crippen LogP contribution in [-0.4, -0.2) is 26.0 Å². The number of rotatable bonds is 5. The van der Waals surface area contributed by atoms with E-state index in [0.717, 1.165) is 40.6 Å². The molecule has 2 heterocycles. The highest BCUT2D eigenvalue weighted by atomic mass is 15.4. The maximum Gasteiger partial charge on any atom is 0.265 e. The van der Waals surface area contributed by atoms with E-state index in [1.54, 1.807) is 6.21 Å². The number of hydrogen-bond acceptors (Lipinski definition) is 5. The molecule has 6 heteroatoms. The Morgan fingerprint density at radius 2 is 1.85 bits per heavy atom. The first-order valence-electron chi connectivity index (χ1n) is 8.79. The lowest BCUT2D eigenvalue weighted by molar-refractivity contribution is 0.811. The topological polar surface area (TPSA) is 68.0 Å². The van der Waals surface area contributed by atoms with Crippen LogP contribution >= 0.6 is 0 Å². The van der Waals surface area contributed by atoms with Gasteiger partial charge in [0.2, 0.25) is 0 Å². The van der Waals surface area contributed by atoms with Crippen molar-refractivity contribution in [3.8, 4) is 0 Å². The molecule has 0 aliphatic carbocycles. The Morgan fingerprint density at radius 3 is 2.62 bits per heavy atom. The molecule has 0 aliphatic heterocycles. The molecule has 0 bridgehead atoms. The van der Waals surface area contributed by atoms with Crippen LogP contribution in [0.1, 0.15) is 25.0 Å². The zero-order valence-electron chi connectivity index (χ0n) is 14.8. The largest absolute Gasteiger partial charge is 0.324 e. The molecule has 2 aromatic carbocycles. The summed E-state index contributed by atoms with van der Waals surface area (Å²) in [4.78, 5) is 4.61. The first kappa shape index (κ1) is 16.2. The van der Waals surface area contributed by atoms with Crippen LogP contribution in [0.15, 0.2) is 53.6 Å². The molecule has 0 aliphatic rings. The minimum absolute atomic E-state index is 0.386. The van der Waals surface area contributed by atoms with Crippen LogP contribution in [0, 0.1) is 0 Å². The van der Waals surface area contributed by atoms with E-state index in [-0.39, 0.29) is 0 Å². The Balaban J connectivity index is 1.62. The highest BCUT2D eigenvalue weighted by Crippen LogP contribution is 2.25. The maximum absolute atomic E-state index is 4.61. The normalized spacial score (nSPS) is 11.6. The van der Waals surface area contributed by atoms with Gasteiger partial charge in [0.15, 0.2) is 5.65 Å². The molecule has 0 unspecified atom stereocenters. The monoisotopic (exact) mass is 344 g/mol. The molecule has 0 saturated heterocycles. The number of nitrogens with zero attached hydrogens (tertiary/aromatic N) is 5. The number of anilines is 1. The van der Waals surface area contributed by atoms with Gasteiger partial charge in [-0.2, -0.15) is 10.1 Å². The number of hydrazone groups is 1. The molecule has 0 fully saturated rings. The minimum Gasteiger partial charge on any atom is -0.324 e. The molecule has 0 amide bonds. The van der Waals surface area contributed by atoms with Crippen molar-refractivity contribution < 1.29 is 0 Å². The highest BCUT2D eigenvalue weighted by Gasteiger charge is 2.13. The highest BCUT2D eigenvalue weighted by molar-refractivity contribution is 6.04.